The van der Waals surface area contributed by atoms with Gasteiger partial charge >= 0.3 is 0 Å². The number of nitrogens with one attached hydrogen (secondary N) is 1. The van der Waals surface area contributed by atoms with Gasteiger partial charge < -0.3 is 5.32 Å². The lowest BCUT2D eigenvalue weighted by atomic mass is 10.1. The molecule has 0 radical (unpaired) electrons. The number of fused-ring (bicyclic) bond motifs is 2. The van der Waals surface area contributed by atoms with Crippen LogP contribution in [0.2, 0.25) is 0 Å². The number of anilines is 1. The van der Waals surface area contributed by atoms with Crippen molar-refractivity contribution >= 4 is 55.6 Å². The first-order valence-corrected chi connectivity index (χ1v) is 12.6. The van der Waals surface area contributed by atoms with E-state index in [-0.39, 0.29) is 11.5 Å². The molecule has 0 spiro atoms. The Morgan fingerprint density at radius 2 is 2.20 bits per heavy atom. The topological polar surface area (TPSA) is 87.8 Å². The van der Waals surface area contributed by atoms with Gasteiger partial charge in [-0.2, -0.15) is 5.26 Å². The average molecular weight is 459 g/mol. The molecule has 1 atom stereocenters. The Bertz CT molecular complexity index is 1200. The van der Waals surface area contributed by atoms with E-state index in [1.54, 1.807) is 11.5 Å². The molecule has 3 heterocycles. The number of amides is 1. The van der Waals surface area contributed by atoms with Gasteiger partial charge in [-0.15, -0.1) is 22.7 Å². The summed E-state index contributed by atoms with van der Waals surface area (Å²) in [4.78, 5) is 31.4. The molecule has 1 aliphatic rings. The van der Waals surface area contributed by atoms with Crippen molar-refractivity contribution in [2.45, 2.75) is 62.9 Å². The maximum atomic E-state index is 12.9. The normalized spacial score (nSPS) is 14.7. The molecule has 0 aromatic carbocycles. The smallest absolute Gasteiger partial charge is 0.272 e. The predicted molar refractivity (Wildman–Crippen MR) is 124 cm³/mol. The molecule has 6 nitrogen and oxygen atoms in total. The van der Waals surface area contributed by atoms with Crippen LogP contribution in [0.4, 0.5) is 5.00 Å². The van der Waals surface area contributed by atoms with E-state index in [1.807, 2.05) is 18.4 Å². The van der Waals surface area contributed by atoms with Gasteiger partial charge in [0.2, 0.25) is 5.91 Å². The largest absolute Gasteiger partial charge is 0.316 e. The van der Waals surface area contributed by atoms with Crippen LogP contribution in [0.3, 0.4) is 0 Å². The van der Waals surface area contributed by atoms with E-state index in [0.717, 1.165) is 31.2 Å². The van der Waals surface area contributed by atoms with Crippen LogP contribution >= 0.6 is 34.4 Å². The molecule has 30 heavy (non-hydrogen) atoms. The fraction of sp³-hybridized carbons (Fsp3) is 0.429. The van der Waals surface area contributed by atoms with Crippen molar-refractivity contribution < 1.29 is 4.79 Å². The van der Waals surface area contributed by atoms with Gasteiger partial charge in [-0.25, -0.2) is 4.98 Å². The first-order chi connectivity index (χ1) is 14.5. The first-order valence-electron chi connectivity index (χ1n) is 10.0. The van der Waals surface area contributed by atoms with Gasteiger partial charge in [0.05, 0.1) is 16.3 Å². The quantitative estimate of drug-likeness (QED) is 0.337. The van der Waals surface area contributed by atoms with E-state index in [2.05, 4.69) is 16.4 Å². The maximum absolute atomic E-state index is 12.9. The van der Waals surface area contributed by atoms with Gasteiger partial charge in [-0.1, -0.05) is 18.2 Å². The predicted octanol–water partition coefficient (Wildman–Crippen LogP) is 4.80. The molecule has 0 bridgehead atoms. The zero-order chi connectivity index (χ0) is 21.3. The number of nitrogens with zero attached hydrogens (tertiary/aromatic N) is 3. The van der Waals surface area contributed by atoms with Crippen molar-refractivity contribution in [1.82, 2.24) is 9.55 Å². The highest BCUT2D eigenvalue weighted by Gasteiger charge is 2.24. The van der Waals surface area contributed by atoms with E-state index in [9.17, 15) is 14.9 Å². The molecule has 156 valence electrons. The Balaban J connectivity index is 1.56. The molecule has 1 aliphatic carbocycles. The summed E-state index contributed by atoms with van der Waals surface area (Å²) in [5.41, 5.74) is 2.32. The number of carbonyl (C=O) groups is 1. The molecule has 9 heteroatoms. The number of hydrogen-bond donors (Lipinski definition) is 1. The highest BCUT2D eigenvalue weighted by atomic mass is 32.2. The first kappa shape index (κ1) is 21.1. The summed E-state index contributed by atoms with van der Waals surface area (Å²) >= 11 is 4.19. The number of thioether (sulfide) groups is 1. The second-order valence-corrected chi connectivity index (χ2v) is 10.5. The van der Waals surface area contributed by atoms with Gasteiger partial charge in [0.15, 0.2) is 5.16 Å². The van der Waals surface area contributed by atoms with E-state index in [0.29, 0.717) is 32.5 Å². The number of hydrogen-bond acceptors (Lipinski definition) is 7. The van der Waals surface area contributed by atoms with Crippen LogP contribution in [0.1, 0.15) is 49.1 Å². The Hall–Kier alpha value is -2.15. The van der Waals surface area contributed by atoms with Crippen LogP contribution < -0.4 is 10.9 Å². The Kier molecular flexibility index (Phi) is 6.27. The number of carbonyl (C=O) groups excluding carboxylic acids is 1. The molecule has 1 unspecified atom stereocenters. The minimum Gasteiger partial charge on any atom is -0.316 e. The van der Waals surface area contributed by atoms with Crippen LogP contribution in [0.25, 0.3) is 10.2 Å². The molecular formula is C21H22N4O2S3. The number of rotatable bonds is 5. The lowest BCUT2D eigenvalue weighted by Gasteiger charge is -2.14. The highest BCUT2D eigenvalue weighted by Crippen LogP contribution is 2.37. The number of aryl methyl sites for hydroxylation is 1. The van der Waals surface area contributed by atoms with E-state index in [4.69, 9.17) is 0 Å². The molecule has 1 N–H and O–H groups in total. The van der Waals surface area contributed by atoms with Gasteiger partial charge in [-0.3, -0.25) is 14.2 Å². The third kappa shape index (κ3) is 3.92. The van der Waals surface area contributed by atoms with Gasteiger partial charge in [0.25, 0.3) is 5.56 Å². The van der Waals surface area contributed by atoms with Crippen molar-refractivity contribution in [1.29, 1.82) is 5.26 Å². The van der Waals surface area contributed by atoms with E-state index >= 15 is 0 Å². The van der Waals surface area contributed by atoms with Crippen LogP contribution in [0.5, 0.6) is 0 Å². The zero-order valence-electron chi connectivity index (χ0n) is 16.9. The van der Waals surface area contributed by atoms with Gasteiger partial charge in [-0.05, 0) is 56.5 Å². The zero-order valence-corrected chi connectivity index (χ0v) is 19.3. The van der Waals surface area contributed by atoms with E-state index in [1.165, 1.54) is 45.7 Å². The fourth-order valence-electron chi connectivity index (χ4n) is 3.67. The molecule has 0 saturated heterocycles. The minimum atomic E-state index is -0.459. The summed E-state index contributed by atoms with van der Waals surface area (Å²) in [6.07, 6.45) is 5.28. The molecule has 0 saturated carbocycles. The molecule has 1 amide bonds. The summed E-state index contributed by atoms with van der Waals surface area (Å²) in [5, 5.41) is 15.2. The third-order valence-electron chi connectivity index (χ3n) is 5.27. The second kappa shape index (κ2) is 8.92. The molecule has 0 fully saturated rings. The molecule has 3 aromatic rings. The van der Waals surface area contributed by atoms with Crippen LogP contribution in [0, 0.1) is 11.3 Å². The monoisotopic (exact) mass is 458 g/mol. The van der Waals surface area contributed by atoms with E-state index < -0.39 is 5.25 Å². The standard InChI is InChI=1S/C21H22N4O2S3/c1-3-25-20(27)17-15(9-10-28-17)23-21(25)29-12(2)18(26)24-19-14(11-22)13-7-5-4-6-8-16(13)30-19/h9-10,12H,3-8H2,1-2H3,(H,24,26). The Morgan fingerprint density at radius 1 is 1.40 bits per heavy atom. The van der Waals surface area contributed by atoms with Gasteiger partial charge in [0, 0.05) is 11.4 Å². The summed E-state index contributed by atoms with van der Waals surface area (Å²) in [7, 11) is 0. The lowest BCUT2D eigenvalue weighted by molar-refractivity contribution is -0.115. The van der Waals surface area contributed by atoms with Crippen LogP contribution in [-0.2, 0) is 24.2 Å². The summed E-state index contributed by atoms with van der Waals surface area (Å²) in [6.45, 7) is 4.19. The van der Waals surface area contributed by atoms with Crippen molar-refractivity contribution in [3.8, 4) is 6.07 Å². The molecule has 0 aliphatic heterocycles. The maximum Gasteiger partial charge on any atom is 0.272 e. The second-order valence-electron chi connectivity index (χ2n) is 7.21. The minimum absolute atomic E-state index is 0.0682. The Labute approximate surface area is 186 Å². The van der Waals surface area contributed by atoms with Crippen molar-refractivity contribution in [3.05, 3.63) is 37.8 Å². The SMILES string of the molecule is CCn1c(SC(C)C(=O)Nc2sc3c(c2C#N)CCCCC3)nc2ccsc2c1=O. The van der Waals surface area contributed by atoms with Gasteiger partial charge in [0.1, 0.15) is 15.8 Å². The summed E-state index contributed by atoms with van der Waals surface area (Å²) < 4.78 is 2.25. The Morgan fingerprint density at radius 3 is 2.97 bits per heavy atom. The number of aromatic nitrogens is 2. The molecule has 4 rings (SSSR count). The molecule has 3 aromatic heterocycles. The average Bonchev–Trinajstić information content (AvgIpc) is 3.25. The highest BCUT2D eigenvalue weighted by molar-refractivity contribution is 8.00. The fourth-order valence-corrected chi connectivity index (χ4v) is 6.66. The van der Waals surface area contributed by atoms with Crippen molar-refractivity contribution in [2.75, 3.05) is 5.32 Å². The van der Waals surface area contributed by atoms with Crippen LogP contribution in [0.15, 0.2) is 21.4 Å². The van der Waals surface area contributed by atoms with Crippen molar-refractivity contribution in [3.63, 3.8) is 0 Å². The number of thiophene rings is 2. The third-order valence-corrected chi connectivity index (χ3v) is 8.46. The lowest BCUT2D eigenvalue weighted by Crippen LogP contribution is -2.26. The van der Waals surface area contributed by atoms with Crippen LogP contribution in [-0.4, -0.2) is 20.7 Å². The van der Waals surface area contributed by atoms with Crippen molar-refractivity contribution in [2.24, 2.45) is 0 Å². The molecular weight excluding hydrogens is 436 g/mol. The number of nitriles is 1. The summed E-state index contributed by atoms with van der Waals surface area (Å²) in [5.74, 6) is -0.185. The summed E-state index contributed by atoms with van der Waals surface area (Å²) in [6, 6.07) is 4.13.